The molecular formula is C25H25BrN4O3. The van der Waals surface area contributed by atoms with Crippen LogP contribution in [-0.4, -0.2) is 46.2 Å². The Kier molecular flexibility index (Phi) is 6.28. The Morgan fingerprint density at radius 2 is 2.03 bits per heavy atom. The molecule has 2 fully saturated rings. The number of carbonyl (C=O) groups is 1. The molecule has 3 aromatic rings. The Morgan fingerprint density at radius 3 is 2.79 bits per heavy atom. The highest BCUT2D eigenvalue weighted by Gasteiger charge is 2.43. The van der Waals surface area contributed by atoms with Crippen LogP contribution >= 0.6 is 15.9 Å². The second kappa shape index (κ2) is 9.49. The number of amides is 2. The number of halogens is 1. The largest absolute Gasteiger partial charge is 0.439 e. The number of hydrogen-bond donors (Lipinski definition) is 1. The molecule has 2 amide bonds. The maximum absolute atomic E-state index is 12.6. The number of rotatable bonds is 4. The predicted molar refractivity (Wildman–Crippen MR) is 129 cm³/mol. The summed E-state index contributed by atoms with van der Waals surface area (Å²) >= 11 is 3.39. The number of likely N-dealkylation sites (tertiary alicyclic amines) is 1. The lowest BCUT2D eigenvalue weighted by Gasteiger charge is -2.38. The highest BCUT2D eigenvalue weighted by molar-refractivity contribution is 9.10. The quantitative estimate of drug-likeness (QED) is 0.496. The molecule has 0 saturated carbocycles. The van der Waals surface area contributed by atoms with Gasteiger partial charge in [-0.3, -0.25) is 4.98 Å². The van der Waals surface area contributed by atoms with Gasteiger partial charge in [-0.15, -0.1) is 0 Å². The van der Waals surface area contributed by atoms with Crippen LogP contribution in [0, 0.1) is 0 Å². The standard InChI is InChI=1S/C25H25BrN4O3/c26-20-6-7-23(28-15-20)33-22-5-1-3-18(13-22)19-14-25(32-17-19)8-11-30(12-9-25)24(31)29-21-4-2-10-27-16-21/h1-7,10,13,15-16,19H,8-9,11-12,14,17H2,(H,29,31). The first kappa shape index (κ1) is 21.9. The molecule has 2 aliphatic rings. The average Bonchev–Trinajstić information content (AvgIpc) is 3.25. The van der Waals surface area contributed by atoms with Gasteiger partial charge in [0.25, 0.3) is 0 Å². The molecule has 7 nitrogen and oxygen atoms in total. The summed E-state index contributed by atoms with van der Waals surface area (Å²) in [6.45, 7) is 2.04. The summed E-state index contributed by atoms with van der Waals surface area (Å²) in [5, 5.41) is 2.92. The Labute approximate surface area is 201 Å². The molecule has 5 rings (SSSR count). The monoisotopic (exact) mass is 508 g/mol. The number of aromatic nitrogens is 2. The van der Waals surface area contributed by atoms with E-state index in [-0.39, 0.29) is 11.6 Å². The van der Waals surface area contributed by atoms with Crippen LogP contribution in [-0.2, 0) is 4.74 Å². The number of pyridine rings is 2. The summed E-state index contributed by atoms with van der Waals surface area (Å²) in [4.78, 5) is 22.8. The van der Waals surface area contributed by atoms with Gasteiger partial charge in [0.2, 0.25) is 5.88 Å². The number of carbonyl (C=O) groups excluding carboxylic acids is 1. The van der Waals surface area contributed by atoms with Crippen LogP contribution in [0.5, 0.6) is 11.6 Å². The van der Waals surface area contributed by atoms with E-state index in [1.165, 1.54) is 5.56 Å². The number of urea groups is 1. The van der Waals surface area contributed by atoms with E-state index in [0.29, 0.717) is 37.2 Å². The average molecular weight is 509 g/mol. The van der Waals surface area contributed by atoms with E-state index in [1.54, 1.807) is 18.6 Å². The van der Waals surface area contributed by atoms with Crippen LogP contribution in [0.4, 0.5) is 10.5 Å². The minimum Gasteiger partial charge on any atom is -0.439 e. The zero-order valence-electron chi connectivity index (χ0n) is 18.1. The zero-order chi connectivity index (χ0) is 22.7. The molecular weight excluding hydrogens is 484 g/mol. The number of piperidine rings is 1. The third kappa shape index (κ3) is 5.17. The van der Waals surface area contributed by atoms with Gasteiger partial charge in [0, 0.05) is 41.9 Å². The molecule has 0 aliphatic carbocycles. The summed E-state index contributed by atoms with van der Waals surface area (Å²) in [6.07, 6.45) is 7.68. The van der Waals surface area contributed by atoms with Crippen molar-refractivity contribution in [3.8, 4) is 11.6 Å². The lowest BCUT2D eigenvalue weighted by molar-refractivity contribution is -0.0355. The second-order valence-corrected chi connectivity index (χ2v) is 9.46. The fraction of sp³-hybridized carbons (Fsp3) is 0.320. The Balaban J connectivity index is 1.18. The van der Waals surface area contributed by atoms with Crippen molar-refractivity contribution >= 4 is 27.6 Å². The Hall–Kier alpha value is -2.97. The maximum Gasteiger partial charge on any atom is 0.321 e. The lowest BCUT2D eigenvalue weighted by atomic mass is 9.83. The lowest BCUT2D eigenvalue weighted by Crippen LogP contribution is -2.47. The van der Waals surface area contributed by atoms with Crippen molar-refractivity contribution in [1.29, 1.82) is 0 Å². The predicted octanol–water partition coefficient (Wildman–Crippen LogP) is 5.60. The summed E-state index contributed by atoms with van der Waals surface area (Å²) in [5.41, 5.74) is 1.75. The Morgan fingerprint density at radius 1 is 1.15 bits per heavy atom. The molecule has 4 heterocycles. The van der Waals surface area contributed by atoms with Gasteiger partial charge in [0.1, 0.15) is 5.75 Å². The SMILES string of the molecule is O=C(Nc1cccnc1)N1CCC2(CC1)CC(c1cccc(Oc3ccc(Br)cn3)c1)CO2. The second-order valence-electron chi connectivity index (χ2n) is 8.54. The van der Waals surface area contributed by atoms with Crippen molar-refractivity contribution < 1.29 is 14.3 Å². The number of hydrogen-bond acceptors (Lipinski definition) is 5. The van der Waals surface area contributed by atoms with Gasteiger partial charge < -0.3 is 19.7 Å². The maximum atomic E-state index is 12.6. The fourth-order valence-electron chi connectivity index (χ4n) is 4.54. The molecule has 1 N–H and O–H groups in total. The molecule has 0 bridgehead atoms. The van der Waals surface area contributed by atoms with E-state index in [0.717, 1.165) is 29.5 Å². The van der Waals surface area contributed by atoms with E-state index < -0.39 is 0 Å². The molecule has 2 aliphatic heterocycles. The van der Waals surface area contributed by atoms with Crippen molar-refractivity contribution in [3.05, 3.63) is 77.2 Å². The number of benzene rings is 1. The van der Waals surface area contributed by atoms with Crippen molar-refractivity contribution in [2.45, 2.75) is 30.8 Å². The topological polar surface area (TPSA) is 76.6 Å². The molecule has 1 unspecified atom stereocenters. The van der Waals surface area contributed by atoms with E-state index in [9.17, 15) is 4.79 Å². The van der Waals surface area contributed by atoms with Crippen molar-refractivity contribution in [2.75, 3.05) is 25.0 Å². The smallest absolute Gasteiger partial charge is 0.321 e. The van der Waals surface area contributed by atoms with Gasteiger partial charge in [-0.05, 0) is 71.1 Å². The molecule has 1 atom stereocenters. The molecule has 2 saturated heterocycles. The molecule has 1 spiro atoms. The van der Waals surface area contributed by atoms with E-state index in [2.05, 4.69) is 43.3 Å². The van der Waals surface area contributed by atoms with Gasteiger partial charge in [-0.25, -0.2) is 9.78 Å². The summed E-state index contributed by atoms with van der Waals surface area (Å²) in [6, 6.07) is 15.5. The first-order valence-corrected chi connectivity index (χ1v) is 11.9. The number of anilines is 1. The molecule has 1 aromatic carbocycles. The number of nitrogens with one attached hydrogen (secondary N) is 1. The summed E-state index contributed by atoms with van der Waals surface area (Å²) in [7, 11) is 0. The molecule has 2 aromatic heterocycles. The van der Waals surface area contributed by atoms with Crippen molar-refractivity contribution in [3.63, 3.8) is 0 Å². The van der Waals surface area contributed by atoms with Gasteiger partial charge in [0.15, 0.2) is 0 Å². The number of ether oxygens (including phenoxy) is 2. The summed E-state index contributed by atoms with van der Waals surface area (Å²) < 4.78 is 13.2. The van der Waals surface area contributed by atoms with Crippen molar-refractivity contribution in [2.24, 2.45) is 0 Å². The molecule has 33 heavy (non-hydrogen) atoms. The minimum absolute atomic E-state index is 0.0844. The molecule has 0 radical (unpaired) electrons. The van der Waals surface area contributed by atoms with Gasteiger partial charge in [-0.2, -0.15) is 0 Å². The fourth-order valence-corrected chi connectivity index (χ4v) is 4.77. The minimum atomic E-state index is -0.167. The first-order valence-electron chi connectivity index (χ1n) is 11.1. The van der Waals surface area contributed by atoms with Crippen LogP contribution in [0.25, 0.3) is 0 Å². The molecule has 8 heteroatoms. The zero-order valence-corrected chi connectivity index (χ0v) is 19.7. The van der Waals surface area contributed by atoms with E-state index >= 15 is 0 Å². The van der Waals surface area contributed by atoms with Crippen LogP contribution in [0.3, 0.4) is 0 Å². The van der Waals surface area contributed by atoms with Crippen LogP contribution in [0.15, 0.2) is 71.6 Å². The van der Waals surface area contributed by atoms with Crippen LogP contribution < -0.4 is 10.1 Å². The Bertz CT molecular complexity index is 1100. The highest BCUT2D eigenvalue weighted by Crippen LogP contribution is 2.43. The first-order chi connectivity index (χ1) is 16.1. The van der Waals surface area contributed by atoms with Crippen molar-refractivity contribution in [1.82, 2.24) is 14.9 Å². The molecule has 170 valence electrons. The highest BCUT2D eigenvalue weighted by atomic mass is 79.9. The van der Waals surface area contributed by atoms with Gasteiger partial charge in [-0.1, -0.05) is 12.1 Å². The van der Waals surface area contributed by atoms with Crippen LogP contribution in [0.1, 0.15) is 30.7 Å². The normalized spacial score (nSPS) is 19.4. The van der Waals surface area contributed by atoms with Crippen LogP contribution in [0.2, 0.25) is 0 Å². The van der Waals surface area contributed by atoms with E-state index in [4.69, 9.17) is 9.47 Å². The van der Waals surface area contributed by atoms with Gasteiger partial charge >= 0.3 is 6.03 Å². The van der Waals surface area contributed by atoms with Gasteiger partial charge in [0.05, 0.1) is 24.1 Å². The van der Waals surface area contributed by atoms with E-state index in [1.807, 2.05) is 41.3 Å². The third-order valence-electron chi connectivity index (χ3n) is 6.34. The third-order valence-corrected chi connectivity index (χ3v) is 6.81. The summed E-state index contributed by atoms with van der Waals surface area (Å²) in [5.74, 6) is 1.64. The number of nitrogens with zero attached hydrogens (tertiary/aromatic N) is 3.